The molecule has 3 N–H and O–H groups in total. The molecule has 0 aliphatic carbocycles. The lowest BCUT2D eigenvalue weighted by Crippen LogP contribution is -2.26. The molecule has 0 fully saturated rings. The lowest BCUT2D eigenvalue weighted by molar-refractivity contribution is 0.0954. The fourth-order valence-electron chi connectivity index (χ4n) is 1.60. The summed E-state index contributed by atoms with van der Waals surface area (Å²) in [4.78, 5) is 16.0. The second kappa shape index (κ2) is 5.71. The Morgan fingerprint density at radius 2 is 2.32 bits per heavy atom. The molecule has 7 heteroatoms. The minimum Gasteiger partial charge on any atom is -0.399 e. The number of nitrogens with one attached hydrogen (secondary N) is 1. The average molecular weight is 280 g/mol. The van der Waals surface area contributed by atoms with E-state index >= 15 is 0 Å². The lowest BCUT2D eigenvalue weighted by Gasteiger charge is -2.06. The van der Waals surface area contributed by atoms with Gasteiger partial charge in [-0.2, -0.15) is 5.10 Å². The molecule has 0 saturated heterocycles. The summed E-state index contributed by atoms with van der Waals surface area (Å²) in [5.74, 6) is 0.426. The van der Waals surface area contributed by atoms with E-state index in [0.717, 1.165) is 0 Å². The molecule has 0 unspecified atom stereocenters. The van der Waals surface area contributed by atoms with Crippen molar-refractivity contribution in [3.8, 4) is 0 Å². The van der Waals surface area contributed by atoms with Crippen molar-refractivity contribution < 1.29 is 4.79 Å². The highest BCUT2D eigenvalue weighted by Crippen LogP contribution is 2.18. The highest BCUT2D eigenvalue weighted by molar-refractivity contribution is 6.34. The second-order valence-electron chi connectivity index (χ2n) is 4.08. The monoisotopic (exact) mass is 279 g/mol. The number of carbonyl (C=O) groups is 1. The van der Waals surface area contributed by atoms with Crippen molar-refractivity contribution in [1.82, 2.24) is 20.1 Å². The smallest absolute Gasteiger partial charge is 0.252 e. The molecule has 100 valence electrons. The zero-order chi connectivity index (χ0) is 13.8. The molecule has 2 aromatic rings. The molecule has 6 nitrogen and oxygen atoms in total. The molecule has 0 aliphatic rings. The van der Waals surface area contributed by atoms with Crippen molar-refractivity contribution in [1.29, 1.82) is 0 Å². The number of nitrogens with two attached hydrogens (primary N) is 1. The number of carbonyl (C=O) groups excluding carboxylic acids is 1. The summed E-state index contributed by atoms with van der Waals surface area (Å²) >= 11 is 5.95. The van der Waals surface area contributed by atoms with Crippen molar-refractivity contribution >= 4 is 23.2 Å². The van der Waals surface area contributed by atoms with E-state index in [0.29, 0.717) is 35.1 Å². The zero-order valence-corrected chi connectivity index (χ0v) is 11.2. The van der Waals surface area contributed by atoms with Crippen LogP contribution in [-0.4, -0.2) is 27.2 Å². The van der Waals surface area contributed by atoms with E-state index in [2.05, 4.69) is 15.4 Å². The molecule has 2 rings (SSSR count). The summed E-state index contributed by atoms with van der Waals surface area (Å²) in [5.41, 5.74) is 6.50. The van der Waals surface area contributed by atoms with Crippen LogP contribution in [0.15, 0.2) is 24.5 Å². The number of nitrogens with zero attached hydrogens (tertiary/aromatic N) is 3. The number of halogens is 1. The SMILES string of the molecule is Cn1cnc(CCNC(=O)c2cc(N)ccc2Cl)n1. The number of aromatic nitrogens is 3. The quantitative estimate of drug-likeness (QED) is 0.818. The normalized spacial score (nSPS) is 10.4. The van der Waals surface area contributed by atoms with Gasteiger partial charge in [0.1, 0.15) is 6.33 Å². The van der Waals surface area contributed by atoms with Crippen molar-refractivity contribution in [3.05, 3.63) is 40.9 Å². The van der Waals surface area contributed by atoms with Crippen molar-refractivity contribution in [3.63, 3.8) is 0 Å². The van der Waals surface area contributed by atoms with Crippen LogP contribution in [0.2, 0.25) is 5.02 Å². The van der Waals surface area contributed by atoms with Crippen LogP contribution < -0.4 is 11.1 Å². The molecule has 1 aromatic carbocycles. The van der Waals surface area contributed by atoms with Gasteiger partial charge in [-0.05, 0) is 18.2 Å². The summed E-state index contributed by atoms with van der Waals surface area (Å²) in [5, 5.41) is 7.25. The Morgan fingerprint density at radius 3 is 3.00 bits per heavy atom. The van der Waals surface area contributed by atoms with Crippen LogP contribution >= 0.6 is 11.6 Å². The van der Waals surface area contributed by atoms with Crippen LogP contribution in [0.3, 0.4) is 0 Å². The number of nitrogen functional groups attached to an aromatic ring is 1. The van der Waals surface area contributed by atoms with Gasteiger partial charge >= 0.3 is 0 Å². The Hall–Kier alpha value is -2.08. The average Bonchev–Trinajstić information content (AvgIpc) is 2.78. The Morgan fingerprint density at radius 1 is 1.53 bits per heavy atom. The van der Waals surface area contributed by atoms with E-state index in [4.69, 9.17) is 17.3 Å². The lowest BCUT2D eigenvalue weighted by atomic mass is 10.2. The summed E-state index contributed by atoms with van der Waals surface area (Å²) < 4.78 is 1.62. The Labute approximate surface area is 115 Å². The van der Waals surface area contributed by atoms with Crippen molar-refractivity contribution in [2.45, 2.75) is 6.42 Å². The maximum atomic E-state index is 11.9. The molecule has 1 aromatic heterocycles. The number of benzene rings is 1. The number of hydrogen-bond acceptors (Lipinski definition) is 4. The summed E-state index contributed by atoms with van der Waals surface area (Å²) in [6.07, 6.45) is 2.18. The first-order chi connectivity index (χ1) is 9.06. The van der Waals surface area contributed by atoms with E-state index in [1.165, 1.54) is 0 Å². The van der Waals surface area contributed by atoms with Gasteiger partial charge in [0.15, 0.2) is 5.82 Å². The molecule has 0 radical (unpaired) electrons. The van der Waals surface area contributed by atoms with Crippen LogP contribution in [0.4, 0.5) is 5.69 Å². The van der Waals surface area contributed by atoms with Gasteiger partial charge < -0.3 is 11.1 Å². The van der Waals surface area contributed by atoms with Crippen molar-refractivity contribution in [2.75, 3.05) is 12.3 Å². The Balaban J connectivity index is 1.92. The largest absolute Gasteiger partial charge is 0.399 e. The number of amides is 1. The standard InChI is InChI=1S/C12H14ClN5O/c1-18-7-16-11(17-18)4-5-15-12(19)9-6-8(14)2-3-10(9)13/h2-3,6-7H,4-5,14H2,1H3,(H,15,19). The third-order valence-electron chi connectivity index (χ3n) is 2.52. The number of aryl methyl sites for hydroxylation is 1. The van der Waals surface area contributed by atoms with E-state index in [1.807, 2.05) is 0 Å². The zero-order valence-electron chi connectivity index (χ0n) is 10.4. The minimum atomic E-state index is -0.256. The van der Waals surface area contributed by atoms with Crippen LogP contribution in [0.1, 0.15) is 16.2 Å². The van der Waals surface area contributed by atoms with Crippen LogP contribution in [0.5, 0.6) is 0 Å². The molecule has 0 bridgehead atoms. The number of hydrogen-bond donors (Lipinski definition) is 2. The second-order valence-corrected chi connectivity index (χ2v) is 4.49. The summed E-state index contributed by atoms with van der Waals surface area (Å²) in [7, 11) is 1.79. The third-order valence-corrected chi connectivity index (χ3v) is 2.85. The van der Waals surface area contributed by atoms with Gasteiger partial charge in [0.25, 0.3) is 5.91 Å². The van der Waals surface area contributed by atoms with Gasteiger partial charge in [0, 0.05) is 25.7 Å². The van der Waals surface area contributed by atoms with E-state index < -0.39 is 0 Å². The van der Waals surface area contributed by atoms with Gasteiger partial charge in [-0.1, -0.05) is 11.6 Å². The molecular formula is C12H14ClN5O. The maximum Gasteiger partial charge on any atom is 0.252 e. The Bertz CT molecular complexity index is 596. The Kier molecular flexibility index (Phi) is 4.01. The van der Waals surface area contributed by atoms with E-state index in [1.54, 1.807) is 36.3 Å². The molecule has 1 amide bonds. The molecule has 19 heavy (non-hydrogen) atoms. The third kappa shape index (κ3) is 3.45. The first kappa shape index (κ1) is 13.4. The molecule has 1 heterocycles. The summed E-state index contributed by atoms with van der Waals surface area (Å²) in [6.45, 7) is 0.438. The minimum absolute atomic E-state index is 0.256. The van der Waals surface area contributed by atoms with Crippen LogP contribution in [0.25, 0.3) is 0 Å². The predicted molar refractivity (Wildman–Crippen MR) is 72.9 cm³/mol. The van der Waals surface area contributed by atoms with Crippen molar-refractivity contribution in [2.24, 2.45) is 7.05 Å². The maximum absolute atomic E-state index is 11.9. The first-order valence-corrected chi connectivity index (χ1v) is 6.12. The van der Waals surface area contributed by atoms with E-state index in [9.17, 15) is 4.79 Å². The summed E-state index contributed by atoms with van der Waals surface area (Å²) in [6, 6.07) is 4.81. The molecular weight excluding hydrogens is 266 g/mol. The molecule has 0 saturated carbocycles. The van der Waals surface area contributed by atoms with Gasteiger partial charge in [-0.25, -0.2) is 4.98 Å². The molecule has 0 atom stereocenters. The molecule has 0 aliphatic heterocycles. The highest BCUT2D eigenvalue weighted by Gasteiger charge is 2.10. The van der Waals surface area contributed by atoms with Gasteiger partial charge in [0.2, 0.25) is 0 Å². The van der Waals surface area contributed by atoms with Gasteiger partial charge in [-0.15, -0.1) is 0 Å². The number of rotatable bonds is 4. The van der Waals surface area contributed by atoms with Gasteiger partial charge in [0.05, 0.1) is 10.6 Å². The fourth-order valence-corrected chi connectivity index (χ4v) is 1.80. The highest BCUT2D eigenvalue weighted by atomic mass is 35.5. The molecule has 0 spiro atoms. The number of anilines is 1. The predicted octanol–water partition coefficient (Wildman–Crippen LogP) is 1.02. The van der Waals surface area contributed by atoms with Crippen LogP contribution in [-0.2, 0) is 13.5 Å². The fraction of sp³-hybridized carbons (Fsp3) is 0.250. The van der Waals surface area contributed by atoms with E-state index in [-0.39, 0.29) is 5.91 Å². The van der Waals surface area contributed by atoms with Gasteiger partial charge in [-0.3, -0.25) is 9.48 Å². The topological polar surface area (TPSA) is 85.8 Å². The van der Waals surface area contributed by atoms with Crippen LogP contribution in [0, 0.1) is 0 Å². The first-order valence-electron chi connectivity index (χ1n) is 5.74.